The van der Waals surface area contributed by atoms with E-state index in [9.17, 15) is 0 Å². The Morgan fingerprint density at radius 2 is 2.09 bits per heavy atom. The van der Waals surface area contributed by atoms with Crippen LogP contribution in [0.2, 0.25) is 0 Å². The summed E-state index contributed by atoms with van der Waals surface area (Å²) in [7, 11) is 0. The van der Waals surface area contributed by atoms with Gasteiger partial charge in [0, 0.05) is 10.9 Å². The second-order valence-electron chi connectivity index (χ2n) is 2.95. The molecule has 62 valence electrons. The van der Waals surface area contributed by atoms with Gasteiger partial charge in [-0.15, -0.1) is 11.3 Å². The maximum Gasteiger partial charge on any atom is 0.171 e. The van der Waals surface area contributed by atoms with Crippen molar-refractivity contribution < 1.29 is 5.11 Å². The molecular weight excluding hydrogens is 158 g/mol. The van der Waals surface area contributed by atoms with Crippen molar-refractivity contribution in [1.82, 2.24) is 0 Å². The normalized spacial score (nSPS) is 13.8. The zero-order valence-corrected chi connectivity index (χ0v) is 7.56. The Labute approximate surface area is 70.7 Å². The van der Waals surface area contributed by atoms with Crippen molar-refractivity contribution in [2.45, 2.75) is 19.9 Å². The molecule has 0 saturated heterocycles. The van der Waals surface area contributed by atoms with Gasteiger partial charge in [0.05, 0.1) is 0 Å². The molecule has 0 aliphatic heterocycles. The zero-order valence-electron chi connectivity index (χ0n) is 6.74. The highest BCUT2D eigenvalue weighted by molar-refractivity contribution is 7.13. The van der Waals surface area contributed by atoms with Crippen LogP contribution in [-0.4, -0.2) is 5.11 Å². The average Bonchev–Trinajstić information content (AvgIpc) is 2.34. The quantitative estimate of drug-likeness (QED) is 0.716. The van der Waals surface area contributed by atoms with Gasteiger partial charge < -0.3 is 10.8 Å². The van der Waals surface area contributed by atoms with E-state index in [1.165, 1.54) is 11.3 Å². The van der Waals surface area contributed by atoms with Gasteiger partial charge in [-0.2, -0.15) is 0 Å². The molecule has 0 unspecified atom stereocenters. The summed E-state index contributed by atoms with van der Waals surface area (Å²) >= 11 is 1.35. The molecule has 0 bridgehead atoms. The Morgan fingerprint density at radius 3 is 2.45 bits per heavy atom. The first-order valence-electron chi connectivity index (χ1n) is 3.65. The fourth-order valence-corrected chi connectivity index (χ4v) is 1.77. The molecule has 0 amide bonds. The van der Waals surface area contributed by atoms with E-state index in [0.29, 0.717) is 11.0 Å². The number of rotatable bonds is 2. The van der Waals surface area contributed by atoms with E-state index in [-0.39, 0.29) is 6.04 Å². The Hall–Kier alpha value is -0.540. The molecular formula is C8H13NOS. The SMILES string of the molecule is CC(C)[C@H](N)c1ccc(O)s1. The van der Waals surface area contributed by atoms with Crippen molar-refractivity contribution in [1.29, 1.82) is 0 Å². The molecule has 3 heteroatoms. The first-order chi connectivity index (χ1) is 5.11. The summed E-state index contributed by atoms with van der Waals surface area (Å²) < 4.78 is 0. The molecule has 1 aromatic heterocycles. The molecule has 0 aliphatic rings. The number of hydrogen-bond donors (Lipinski definition) is 2. The maximum atomic E-state index is 9.05. The molecule has 3 N–H and O–H groups in total. The summed E-state index contributed by atoms with van der Waals surface area (Å²) in [6.45, 7) is 4.14. The predicted molar refractivity (Wildman–Crippen MR) is 47.8 cm³/mol. The lowest BCUT2D eigenvalue weighted by Crippen LogP contribution is -2.14. The Kier molecular flexibility index (Phi) is 2.52. The monoisotopic (exact) mass is 171 g/mol. The molecule has 11 heavy (non-hydrogen) atoms. The molecule has 0 radical (unpaired) electrons. The second kappa shape index (κ2) is 3.24. The van der Waals surface area contributed by atoms with E-state index >= 15 is 0 Å². The molecule has 0 aromatic carbocycles. The van der Waals surface area contributed by atoms with Crippen LogP contribution >= 0.6 is 11.3 Å². The van der Waals surface area contributed by atoms with E-state index in [1.807, 2.05) is 6.07 Å². The van der Waals surface area contributed by atoms with E-state index in [0.717, 1.165) is 4.88 Å². The summed E-state index contributed by atoms with van der Waals surface area (Å²) in [4.78, 5) is 1.05. The molecule has 0 saturated carbocycles. The van der Waals surface area contributed by atoms with E-state index in [2.05, 4.69) is 13.8 Å². The summed E-state index contributed by atoms with van der Waals surface area (Å²) in [6, 6.07) is 3.62. The van der Waals surface area contributed by atoms with Gasteiger partial charge in [0.25, 0.3) is 0 Å². The third kappa shape index (κ3) is 1.94. The Balaban J connectivity index is 2.76. The lowest BCUT2D eigenvalue weighted by atomic mass is 10.0. The van der Waals surface area contributed by atoms with E-state index < -0.39 is 0 Å². The smallest absolute Gasteiger partial charge is 0.171 e. The van der Waals surface area contributed by atoms with Gasteiger partial charge >= 0.3 is 0 Å². The van der Waals surface area contributed by atoms with Crippen molar-refractivity contribution >= 4 is 11.3 Å². The fourth-order valence-electron chi connectivity index (χ4n) is 0.850. The fraction of sp³-hybridized carbons (Fsp3) is 0.500. The van der Waals surface area contributed by atoms with Crippen LogP contribution in [0, 0.1) is 5.92 Å². The highest BCUT2D eigenvalue weighted by Gasteiger charge is 2.12. The minimum Gasteiger partial charge on any atom is -0.499 e. The van der Waals surface area contributed by atoms with Crippen LogP contribution in [0.15, 0.2) is 12.1 Å². The van der Waals surface area contributed by atoms with Crippen LogP contribution < -0.4 is 5.73 Å². The van der Waals surface area contributed by atoms with Gasteiger partial charge in [-0.05, 0) is 18.1 Å². The van der Waals surface area contributed by atoms with Crippen molar-refractivity contribution in [3.63, 3.8) is 0 Å². The van der Waals surface area contributed by atoms with Gasteiger partial charge in [-0.1, -0.05) is 13.8 Å². The van der Waals surface area contributed by atoms with E-state index in [1.54, 1.807) is 6.07 Å². The van der Waals surface area contributed by atoms with Gasteiger partial charge in [0.15, 0.2) is 5.06 Å². The summed E-state index contributed by atoms with van der Waals surface area (Å²) in [6.07, 6.45) is 0. The molecule has 0 spiro atoms. The summed E-state index contributed by atoms with van der Waals surface area (Å²) in [5, 5.41) is 9.39. The molecule has 1 rings (SSSR count). The van der Waals surface area contributed by atoms with Crippen LogP contribution in [0.5, 0.6) is 5.06 Å². The lowest BCUT2D eigenvalue weighted by molar-refractivity contribution is 0.491. The van der Waals surface area contributed by atoms with Gasteiger partial charge in [-0.25, -0.2) is 0 Å². The first kappa shape index (κ1) is 8.56. The minimum absolute atomic E-state index is 0.0564. The molecule has 0 fully saturated rings. The topological polar surface area (TPSA) is 46.2 Å². The van der Waals surface area contributed by atoms with Crippen molar-refractivity contribution in [3.05, 3.63) is 17.0 Å². The van der Waals surface area contributed by atoms with Crippen molar-refractivity contribution in [2.75, 3.05) is 0 Å². The number of aromatic hydroxyl groups is 1. The predicted octanol–water partition coefficient (Wildman–Crippen LogP) is 2.11. The van der Waals surface area contributed by atoms with Gasteiger partial charge in [0.2, 0.25) is 0 Å². The van der Waals surface area contributed by atoms with Crippen molar-refractivity contribution in [3.8, 4) is 5.06 Å². The third-order valence-electron chi connectivity index (χ3n) is 1.66. The highest BCUT2D eigenvalue weighted by Crippen LogP contribution is 2.29. The average molecular weight is 171 g/mol. The van der Waals surface area contributed by atoms with Crippen LogP contribution in [0.1, 0.15) is 24.8 Å². The van der Waals surface area contributed by atoms with Crippen molar-refractivity contribution in [2.24, 2.45) is 11.7 Å². The number of thiophene rings is 1. The minimum atomic E-state index is 0.0564. The lowest BCUT2D eigenvalue weighted by Gasteiger charge is -2.12. The first-order valence-corrected chi connectivity index (χ1v) is 4.47. The molecule has 1 atom stereocenters. The molecule has 0 aliphatic carbocycles. The highest BCUT2D eigenvalue weighted by atomic mass is 32.1. The standard InChI is InChI=1S/C8H13NOS/c1-5(2)8(9)6-3-4-7(10)11-6/h3-5,8,10H,9H2,1-2H3/t8-/m0/s1. The summed E-state index contributed by atoms with van der Waals surface area (Å²) in [5.74, 6) is 0.424. The van der Waals surface area contributed by atoms with Gasteiger partial charge in [-0.3, -0.25) is 0 Å². The largest absolute Gasteiger partial charge is 0.499 e. The van der Waals surface area contributed by atoms with Crippen LogP contribution in [-0.2, 0) is 0 Å². The zero-order chi connectivity index (χ0) is 8.43. The molecule has 1 aromatic rings. The number of hydrogen-bond acceptors (Lipinski definition) is 3. The molecule has 2 nitrogen and oxygen atoms in total. The van der Waals surface area contributed by atoms with Gasteiger partial charge in [0.1, 0.15) is 0 Å². The van der Waals surface area contributed by atoms with Crippen LogP contribution in [0.3, 0.4) is 0 Å². The van der Waals surface area contributed by atoms with Crippen LogP contribution in [0.25, 0.3) is 0 Å². The Morgan fingerprint density at radius 1 is 1.45 bits per heavy atom. The number of nitrogens with two attached hydrogens (primary N) is 1. The van der Waals surface area contributed by atoms with Crippen LogP contribution in [0.4, 0.5) is 0 Å². The third-order valence-corrected chi connectivity index (χ3v) is 2.65. The summed E-state index contributed by atoms with van der Waals surface area (Å²) in [5.41, 5.74) is 5.85. The molecule has 1 heterocycles. The Bertz CT molecular complexity index is 232. The second-order valence-corrected chi connectivity index (χ2v) is 4.04. The maximum absolute atomic E-state index is 9.05. The van der Waals surface area contributed by atoms with E-state index in [4.69, 9.17) is 10.8 Å².